The number of carbonyl (C=O) groups is 1. The Kier molecular flexibility index (Phi) is 6.36. The molecule has 0 saturated heterocycles. The van der Waals surface area contributed by atoms with Crippen molar-refractivity contribution in [2.75, 3.05) is 0 Å². The molecule has 0 atom stereocenters. The topological polar surface area (TPSA) is 41.5 Å². The molecule has 2 aromatic carbocycles. The standard InChI is InChI=1S/C24H21FN2OS/c1-5-7-19-21(6-2)29-22-13-10-17(24(28)26-15(3)4)14-20(22)27-23(19)16-8-11-18(25)12-9-16/h2,5,7-15H,1,3-4H3,(H,26,28)/b7-5-. The first kappa shape index (κ1) is 20.6. The maximum Gasteiger partial charge on any atom is 0.251 e. The van der Waals surface area contributed by atoms with Crippen molar-refractivity contribution in [2.24, 2.45) is 4.99 Å². The van der Waals surface area contributed by atoms with Crippen LogP contribution >= 0.6 is 11.8 Å². The maximum atomic E-state index is 13.5. The van der Waals surface area contributed by atoms with Crippen molar-refractivity contribution in [3.63, 3.8) is 0 Å². The average Bonchev–Trinajstić information content (AvgIpc) is 2.84. The third-order valence-corrected chi connectivity index (χ3v) is 5.27. The second-order valence-electron chi connectivity index (χ2n) is 6.77. The van der Waals surface area contributed by atoms with Gasteiger partial charge in [-0.3, -0.25) is 4.79 Å². The Morgan fingerprint density at radius 1 is 1.24 bits per heavy atom. The van der Waals surface area contributed by atoms with Crippen LogP contribution < -0.4 is 5.32 Å². The zero-order chi connectivity index (χ0) is 21.0. The van der Waals surface area contributed by atoms with Gasteiger partial charge in [0, 0.05) is 27.6 Å². The minimum absolute atomic E-state index is 0.0324. The smallest absolute Gasteiger partial charge is 0.251 e. The van der Waals surface area contributed by atoms with E-state index < -0.39 is 0 Å². The molecule has 2 aromatic rings. The second-order valence-corrected chi connectivity index (χ2v) is 7.82. The number of terminal acetylenes is 1. The van der Waals surface area contributed by atoms with Gasteiger partial charge in [-0.25, -0.2) is 9.38 Å². The number of hydrogen-bond donors (Lipinski definition) is 1. The Labute approximate surface area is 174 Å². The predicted octanol–water partition coefficient (Wildman–Crippen LogP) is 5.65. The van der Waals surface area contributed by atoms with Crippen LogP contribution in [-0.4, -0.2) is 17.7 Å². The summed E-state index contributed by atoms with van der Waals surface area (Å²) in [4.78, 5) is 18.9. The van der Waals surface area contributed by atoms with Gasteiger partial charge in [-0.15, -0.1) is 6.42 Å². The Morgan fingerprint density at radius 3 is 2.59 bits per heavy atom. The minimum Gasteiger partial charge on any atom is -0.350 e. The summed E-state index contributed by atoms with van der Waals surface area (Å²) >= 11 is 1.43. The fraction of sp³-hybridized carbons (Fsp3) is 0.167. The van der Waals surface area contributed by atoms with Gasteiger partial charge in [0.15, 0.2) is 0 Å². The number of aliphatic imine (C=N–C) groups is 1. The third-order valence-electron chi connectivity index (χ3n) is 4.17. The number of thioether (sulfide) groups is 1. The molecule has 1 amide bonds. The third kappa shape index (κ3) is 4.67. The van der Waals surface area contributed by atoms with E-state index in [9.17, 15) is 9.18 Å². The fourth-order valence-electron chi connectivity index (χ4n) is 2.89. The Balaban J connectivity index is 2.19. The largest absolute Gasteiger partial charge is 0.350 e. The summed E-state index contributed by atoms with van der Waals surface area (Å²) in [5.74, 6) is 2.27. The maximum absolute atomic E-state index is 13.5. The zero-order valence-electron chi connectivity index (χ0n) is 16.5. The van der Waals surface area contributed by atoms with Crippen LogP contribution in [0, 0.1) is 18.2 Å². The minimum atomic E-state index is -0.320. The van der Waals surface area contributed by atoms with Gasteiger partial charge in [0.25, 0.3) is 5.91 Å². The molecule has 3 nitrogen and oxygen atoms in total. The van der Waals surface area contributed by atoms with Crippen molar-refractivity contribution < 1.29 is 9.18 Å². The summed E-state index contributed by atoms with van der Waals surface area (Å²) in [5.41, 5.74) is 3.35. The summed E-state index contributed by atoms with van der Waals surface area (Å²) in [6.07, 6.45) is 9.60. The van der Waals surface area contributed by atoms with Crippen molar-refractivity contribution >= 4 is 29.1 Å². The molecule has 1 aliphatic rings. The molecule has 1 heterocycles. The van der Waals surface area contributed by atoms with Crippen molar-refractivity contribution in [2.45, 2.75) is 31.7 Å². The van der Waals surface area contributed by atoms with Gasteiger partial charge in [0.1, 0.15) is 5.82 Å². The molecule has 0 saturated carbocycles. The lowest BCUT2D eigenvalue weighted by Crippen LogP contribution is -2.29. The first-order chi connectivity index (χ1) is 13.9. The second kappa shape index (κ2) is 8.93. The first-order valence-corrected chi connectivity index (χ1v) is 10.1. The van der Waals surface area contributed by atoms with E-state index in [4.69, 9.17) is 11.4 Å². The van der Waals surface area contributed by atoms with Crippen LogP contribution in [0.15, 0.2) is 75.0 Å². The van der Waals surface area contributed by atoms with Crippen LogP contribution in [0.2, 0.25) is 0 Å². The van der Waals surface area contributed by atoms with Crippen LogP contribution in [0.25, 0.3) is 0 Å². The predicted molar refractivity (Wildman–Crippen MR) is 118 cm³/mol. The highest BCUT2D eigenvalue weighted by Gasteiger charge is 2.21. The van der Waals surface area contributed by atoms with Crippen molar-refractivity contribution in [3.8, 4) is 12.3 Å². The summed E-state index contributed by atoms with van der Waals surface area (Å²) in [5, 5.41) is 2.89. The van der Waals surface area contributed by atoms with Gasteiger partial charge in [0.2, 0.25) is 0 Å². The zero-order valence-corrected chi connectivity index (χ0v) is 17.3. The van der Waals surface area contributed by atoms with E-state index in [-0.39, 0.29) is 17.8 Å². The molecule has 0 unspecified atom stereocenters. The summed E-state index contributed by atoms with van der Waals surface area (Å²) in [6.45, 7) is 5.73. The number of amides is 1. The van der Waals surface area contributed by atoms with Gasteiger partial charge < -0.3 is 5.32 Å². The molecule has 146 valence electrons. The van der Waals surface area contributed by atoms with Crippen molar-refractivity contribution in [1.82, 2.24) is 5.32 Å². The SMILES string of the molecule is C#CC1=C(/C=C\C)C(c2ccc(F)cc2)=Nc2cc(C(=O)NC(C)C)ccc2S1. The molecule has 0 fully saturated rings. The molecular formula is C24H21FN2OS. The number of carbonyl (C=O) groups excluding carboxylic acids is 1. The van der Waals surface area contributed by atoms with E-state index in [1.165, 1.54) is 23.9 Å². The van der Waals surface area contributed by atoms with Gasteiger partial charge in [-0.1, -0.05) is 29.8 Å². The highest BCUT2D eigenvalue weighted by Crippen LogP contribution is 2.41. The van der Waals surface area contributed by atoms with Crippen LogP contribution in [0.4, 0.5) is 10.1 Å². The Hall–Kier alpha value is -3.10. The monoisotopic (exact) mass is 404 g/mol. The summed E-state index contributed by atoms with van der Waals surface area (Å²) in [7, 11) is 0. The molecular weight excluding hydrogens is 383 g/mol. The number of benzene rings is 2. The van der Waals surface area contributed by atoms with Crippen LogP contribution in [-0.2, 0) is 0 Å². The number of hydrogen-bond acceptors (Lipinski definition) is 3. The van der Waals surface area contributed by atoms with Gasteiger partial charge in [-0.05, 0) is 63.2 Å². The summed E-state index contributed by atoms with van der Waals surface area (Å²) in [6, 6.07) is 11.6. The van der Waals surface area contributed by atoms with Crippen molar-refractivity contribution in [3.05, 3.63) is 82.0 Å². The first-order valence-electron chi connectivity index (χ1n) is 9.24. The fourth-order valence-corrected chi connectivity index (χ4v) is 3.79. The molecule has 0 radical (unpaired) electrons. The van der Waals surface area contributed by atoms with E-state index in [2.05, 4.69) is 11.2 Å². The molecule has 0 spiro atoms. The summed E-state index contributed by atoms with van der Waals surface area (Å²) < 4.78 is 13.5. The lowest BCUT2D eigenvalue weighted by atomic mass is 10.0. The van der Waals surface area contributed by atoms with Crippen molar-refractivity contribution in [1.29, 1.82) is 0 Å². The molecule has 0 bridgehead atoms. The van der Waals surface area contributed by atoms with Crippen LogP contribution in [0.5, 0.6) is 0 Å². The number of allylic oxidation sites excluding steroid dienone is 4. The van der Waals surface area contributed by atoms with Gasteiger partial charge in [-0.2, -0.15) is 0 Å². The van der Waals surface area contributed by atoms with E-state index in [0.29, 0.717) is 21.9 Å². The Bertz CT molecular complexity index is 1070. The number of rotatable bonds is 4. The average molecular weight is 405 g/mol. The number of halogens is 1. The molecule has 0 aliphatic carbocycles. The highest BCUT2D eigenvalue weighted by atomic mass is 32.2. The number of nitrogens with zero attached hydrogens (tertiary/aromatic N) is 1. The molecule has 1 N–H and O–H groups in total. The molecule has 0 aromatic heterocycles. The van der Waals surface area contributed by atoms with Gasteiger partial charge in [0.05, 0.1) is 16.3 Å². The van der Waals surface area contributed by atoms with E-state index >= 15 is 0 Å². The van der Waals surface area contributed by atoms with E-state index in [0.717, 1.165) is 16.0 Å². The number of nitrogens with one attached hydrogen (secondary N) is 1. The lowest BCUT2D eigenvalue weighted by molar-refractivity contribution is 0.0943. The Morgan fingerprint density at radius 2 is 1.97 bits per heavy atom. The molecule has 29 heavy (non-hydrogen) atoms. The molecule has 5 heteroatoms. The highest BCUT2D eigenvalue weighted by molar-refractivity contribution is 8.03. The molecule has 3 rings (SSSR count). The van der Waals surface area contributed by atoms with E-state index in [1.54, 1.807) is 24.3 Å². The normalized spacial score (nSPS) is 13.7. The van der Waals surface area contributed by atoms with Crippen LogP contribution in [0.1, 0.15) is 36.7 Å². The lowest BCUT2D eigenvalue weighted by Gasteiger charge is -2.10. The number of fused-ring (bicyclic) bond motifs is 1. The van der Waals surface area contributed by atoms with Gasteiger partial charge >= 0.3 is 0 Å². The van der Waals surface area contributed by atoms with E-state index in [1.807, 2.05) is 39.0 Å². The quantitative estimate of drug-likeness (QED) is 0.669. The van der Waals surface area contributed by atoms with Crippen LogP contribution in [0.3, 0.4) is 0 Å². The molecule has 1 aliphatic heterocycles.